The molecule has 15 heavy (non-hydrogen) atoms. The summed E-state index contributed by atoms with van der Waals surface area (Å²) in [5.41, 5.74) is 0.506. The lowest BCUT2D eigenvalue weighted by atomic mass is 9.85. The van der Waals surface area contributed by atoms with Crippen LogP contribution in [0.2, 0.25) is 0 Å². The van der Waals surface area contributed by atoms with Gasteiger partial charge in [0, 0.05) is 17.4 Å². The van der Waals surface area contributed by atoms with Gasteiger partial charge in [-0.25, -0.2) is 4.79 Å². The van der Waals surface area contributed by atoms with Gasteiger partial charge in [0.05, 0.1) is 12.2 Å². The topological polar surface area (TPSA) is 46.5 Å². The monoisotopic (exact) mass is 204 g/mol. The normalized spacial score (nSPS) is 41.2. The number of hydrogen-bond donors (Lipinski definition) is 1. The largest absolute Gasteiger partial charge is 0.478 e. The van der Waals surface area contributed by atoms with E-state index in [0.29, 0.717) is 23.8 Å². The standard InChI is InChI=1S/C12H12O3/c13-12(14)7-5-9-8-3-1-2-4-10(8)15-11(9)6-7/h1-4,6,8-11H,5H2,(H,13,14). The Labute approximate surface area is 87.7 Å². The molecule has 0 amide bonds. The fraction of sp³-hybridized carbons (Fsp3) is 0.417. The van der Waals surface area contributed by atoms with Crippen LogP contribution in [0.3, 0.4) is 0 Å². The maximum Gasteiger partial charge on any atom is 0.331 e. The van der Waals surface area contributed by atoms with Crippen molar-refractivity contribution in [1.29, 1.82) is 0 Å². The third kappa shape index (κ3) is 1.27. The zero-order valence-electron chi connectivity index (χ0n) is 8.17. The van der Waals surface area contributed by atoms with E-state index in [1.165, 1.54) is 0 Å². The number of allylic oxidation sites excluding steroid dienone is 2. The van der Waals surface area contributed by atoms with Crippen LogP contribution < -0.4 is 0 Å². The van der Waals surface area contributed by atoms with Gasteiger partial charge in [0.1, 0.15) is 0 Å². The second-order valence-electron chi connectivity index (χ2n) is 4.28. The first-order chi connectivity index (χ1) is 7.25. The lowest BCUT2D eigenvalue weighted by molar-refractivity contribution is -0.132. The fourth-order valence-electron chi connectivity index (χ4n) is 2.72. The summed E-state index contributed by atoms with van der Waals surface area (Å²) >= 11 is 0. The molecule has 1 saturated heterocycles. The summed E-state index contributed by atoms with van der Waals surface area (Å²) in [5.74, 6) is -0.129. The van der Waals surface area contributed by atoms with E-state index >= 15 is 0 Å². The van der Waals surface area contributed by atoms with Crippen LogP contribution in [0.5, 0.6) is 0 Å². The molecule has 0 bridgehead atoms. The fourth-order valence-corrected chi connectivity index (χ4v) is 2.72. The van der Waals surface area contributed by atoms with Crippen LogP contribution >= 0.6 is 0 Å². The van der Waals surface area contributed by atoms with E-state index in [9.17, 15) is 4.79 Å². The van der Waals surface area contributed by atoms with Crippen LogP contribution in [-0.2, 0) is 9.53 Å². The molecule has 1 N–H and O–H groups in total. The first-order valence-electron chi connectivity index (χ1n) is 5.20. The molecule has 0 saturated carbocycles. The summed E-state index contributed by atoms with van der Waals surface area (Å²) in [4.78, 5) is 10.8. The lowest BCUT2D eigenvalue weighted by Crippen LogP contribution is -2.18. The van der Waals surface area contributed by atoms with Gasteiger partial charge in [-0.15, -0.1) is 0 Å². The molecule has 4 unspecified atom stereocenters. The zero-order valence-corrected chi connectivity index (χ0v) is 8.17. The third-order valence-corrected chi connectivity index (χ3v) is 3.45. The lowest BCUT2D eigenvalue weighted by Gasteiger charge is -2.18. The van der Waals surface area contributed by atoms with Crippen LogP contribution in [0.25, 0.3) is 0 Å². The van der Waals surface area contributed by atoms with Crippen molar-refractivity contribution < 1.29 is 14.6 Å². The van der Waals surface area contributed by atoms with Crippen molar-refractivity contribution in [3.63, 3.8) is 0 Å². The number of rotatable bonds is 1. The van der Waals surface area contributed by atoms with Gasteiger partial charge >= 0.3 is 5.97 Å². The van der Waals surface area contributed by atoms with E-state index in [2.05, 4.69) is 12.2 Å². The molecule has 0 radical (unpaired) electrons. The molecule has 4 atom stereocenters. The SMILES string of the molecule is O=C(O)C1=CC2OC3C=CC=CC3C2C1. The highest BCUT2D eigenvalue weighted by molar-refractivity contribution is 5.87. The zero-order chi connectivity index (χ0) is 10.4. The highest BCUT2D eigenvalue weighted by atomic mass is 16.5. The van der Waals surface area contributed by atoms with E-state index in [-0.39, 0.29) is 12.2 Å². The average Bonchev–Trinajstić information content (AvgIpc) is 2.73. The third-order valence-electron chi connectivity index (χ3n) is 3.45. The van der Waals surface area contributed by atoms with E-state index in [1.807, 2.05) is 12.2 Å². The Bertz CT molecular complexity index is 392. The van der Waals surface area contributed by atoms with Gasteiger partial charge in [0.15, 0.2) is 0 Å². The quantitative estimate of drug-likeness (QED) is 0.704. The minimum absolute atomic E-state index is 0.00139. The maximum absolute atomic E-state index is 10.8. The highest BCUT2D eigenvalue weighted by Crippen LogP contribution is 2.44. The Morgan fingerprint density at radius 2 is 2.13 bits per heavy atom. The van der Waals surface area contributed by atoms with Crippen LogP contribution in [0.4, 0.5) is 0 Å². The van der Waals surface area contributed by atoms with Gasteiger partial charge in [0.2, 0.25) is 0 Å². The Hall–Kier alpha value is -1.35. The molecule has 3 nitrogen and oxygen atoms in total. The molecule has 0 aromatic heterocycles. The van der Waals surface area contributed by atoms with Crippen molar-refractivity contribution in [2.45, 2.75) is 18.6 Å². The van der Waals surface area contributed by atoms with Crippen LogP contribution in [0.15, 0.2) is 36.0 Å². The van der Waals surface area contributed by atoms with Crippen molar-refractivity contribution in [2.75, 3.05) is 0 Å². The minimum Gasteiger partial charge on any atom is -0.478 e. The highest BCUT2D eigenvalue weighted by Gasteiger charge is 2.45. The van der Waals surface area contributed by atoms with Crippen molar-refractivity contribution in [1.82, 2.24) is 0 Å². The summed E-state index contributed by atoms with van der Waals surface area (Å²) in [6.07, 6.45) is 10.8. The minimum atomic E-state index is -0.806. The van der Waals surface area contributed by atoms with Crippen LogP contribution in [0.1, 0.15) is 6.42 Å². The second kappa shape index (κ2) is 3.07. The van der Waals surface area contributed by atoms with Gasteiger partial charge < -0.3 is 9.84 Å². The number of carboxylic acids is 1. The predicted molar refractivity (Wildman–Crippen MR) is 54.3 cm³/mol. The van der Waals surface area contributed by atoms with Gasteiger partial charge in [-0.1, -0.05) is 24.3 Å². The Morgan fingerprint density at radius 3 is 2.93 bits per heavy atom. The molecular weight excluding hydrogens is 192 g/mol. The van der Waals surface area contributed by atoms with Crippen molar-refractivity contribution in [2.24, 2.45) is 11.8 Å². The number of aliphatic carboxylic acids is 1. The number of carbonyl (C=O) groups is 1. The van der Waals surface area contributed by atoms with E-state index in [4.69, 9.17) is 9.84 Å². The summed E-state index contributed by atoms with van der Waals surface area (Å²) in [5, 5.41) is 8.91. The van der Waals surface area contributed by atoms with Crippen LogP contribution in [-0.4, -0.2) is 23.3 Å². The molecule has 3 aliphatic rings. The number of fused-ring (bicyclic) bond motifs is 3. The Morgan fingerprint density at radius 1 is 1.33 bits per heavy atom. The summed E-state index contributed by atoms with van der Waals surface area (Å²) in [7, 11) is 0. The maximum atomic E-state index is 10.8. The van der Waals surface area contributed by atoms with Gasteiger partial charge in [-0.2, -0.15) is 0 Å². The van der Waals surface area contributed by atoms with Crippen molar-refractivity contribution in [3.8, 4) is 0 Å². The molecule has 0 spiro atoms. The molecular formula is C12H12O3. The molecule has 0 aromatic rings. The number of carboxylic acid groups (broad SMARTS) is 1. The summed E-state index contributed by atoms with van der Waals surface area (Å²) < 4.78 is 5.79. The number of ether oxygens (including phenoxy) is 1. The molecule has 2 aliphatic carbocycles. The van der Waals surface area contributed by atoms with Gasteiger partial charge in [0.25, 0.3) is 0 Å². The molecule has 78 valence electrons. The summed E-state index contributed by atoms with van der Waals surface area (Å²) in [6.45, 7) is 0. The van der Waals surface area contributed by atoms with Crippen molar-refractivity contribution >= 4 is 5.97 Å². The van der Waals surface area contributed by atoms with Gasteiger partial charge in [-0.05, 0) is 12.5 Å². The Balaban J connectivity index is 1.86. The molecule has 1 fully saturated rings. The molecule has 1 aliphatic heterocycles. The summed E-state index contributed by atoms with van der Waals surface area (Å²) in [6, 6.07) is 0. The smallest absolute Gasteiger partial charge is 0.331 e. The number of hydrogen-bond acceptors (Lipinski definition) is 2. The molecule has 1 heterocycles. The molecule has 3 heteroatoms. The Kier molecular flexibility index (Phi) is 1.83. The van der Waals surface area contributed by atoms with E-state index < -0.39 is 5.97 Å². The van der Waals surface area contributed by atoms with E-state index in [1.54, 1.807) is 6.08 Å². The average molecular weight is 204 g/mol. The molecule has 0 aromatic carbocycles. The molecule has 3 rings (SSSR count). The predicted octanol–water partition coefficient (Wildman–Crippen LogP) is 1.53. The van der Waals surface area contributed by atoms with Crippen LogP contribution in [0, 0.1) is 11.8 Å². The van der Waals surface area contributed by atoms with E-state index in [0.717, 1.165) is 0 Å². The first-order valence-corrected chi connectivity index (χ1v) is 5.20. The van der Waals surface area contributed by atoms with Gasteiger partial charge in [-0.3, -0.25) is 0 Å². The van der Waals surface area contributed by atoms with Crippen molar-refractivity contribution in [3.05, 3.63) is 36.0 Å². The first kappa shape index (κ1) is 8.92. The second-order valence-corrected chi connectivity index (χ2v) is 4.28.